The molecule has 4 aromatic rings. The number of hydrogen-bond acceptors (Lipinski definition) is 7. The van der Waals surface area contributed by atoms with E-state index in [9.17, 15) is 36.3 Å². The molecule has 0 amide bonds. The maximum atomic E-state index is 13.1. The van der Waals surface area contributed by atoms with E-state index >= 15 is 0 Å². The number of rotatable bonds is 6. The van der Waals surface area contributed by atoms with Crippen molar-refractivity contribution in [2.45, 2.75) is 23.9 Å². The average molecular weight is 533 g/mol. The number of carbonyl (C=O) groups is 1. The number of alkyl halides is 3. The van der Waals surface area contributed by atoms with Gasteiger partial charge in [0.1, 0.15) is 0 Å². The highest BCUT2D eigenvalue weighted by molar-refractivity contribution is 7.92. The van der Waals surface area contributed by atoms with Crippen LogP contribution in [-0.2, 0) is 16.4 Å². The van der Waals surface area contributed by atoms with Crippen molar-refractivity contribution in [1.82, 2.24) is 14.1 Å². The normalized spacial score (nSPS) is 11.9. The second-order valence-electron chi connectivity index (χ2n) is 7.81. The number of pyridine rings is 1. The van der Waals surface area contributed by atoms with Gasteiger partial charge in [0, 0.05) is 12.3 Å². The number of esters is 1. The van der Waals surface area contributed by atoms with Gasteiger partial charge >= 0.3 is 17.2 Å². The van der Waals surface area contributed by atoms with E-state index in [1.54, 1.807) is 36.4 Å². The Morgan fingerprint density at radius 1 is 1.05 bits per heavy atom. The lowest BCUT2D eigenvalue weighted by Crippen LogP contribution is -2.25. The maximum absolute atomic E-state index is 13.1. The number of aromatic hydroxyl groups is 1. The van der Waals surface area contributed by atoms with E-state index in [0.717, 1.165) is 16.7 Å². The van der Waals surface area contributed by atoms with Gasteiger partial charge < -0.3 is 9.84 Å². The first-order valence-electron chi connectivity index (χ1n) is 10.5. The summed E-state index contributed by atoms with van der Waals surface area (Å²) in [6.07, 6.45) is 1.37. The third-order valence-electron chi connectivity index (χ3n) is 5.42. The molecule has 0 saturated heterocycles. The van der Waals surface area contributed by atoms with Crippen LogP contribution in [0.5, 0.6) is 11.8 Å². The summed E-state index contributed by atoms with van der Waals surface area (Å²) in [5, 5.41) is 10.6. The summed E-state index contributed by atoms with van der Waals surface area (Å²) in [5.74, 6) is -1.12. The van der Waals surface area contributed by atoms with Gasteiger partial charge in [-0.1, -0.05) is 18.2 Å². The Labute approximate surface area is 207 Å². The van der Waals surface area contributed by atoms with Crippen LogP contribution < -0.4 is 10.4 Å². The molecule has 2 aromatic carbocycles. The van der Waals surface area contributed by atoms with Gasteiger partial charge in [-0.25, -0.2) is 27.6 Å². The molecule has 1 N–H and O–H groups in total. The van der Waals surface area contributed by atoms with Crippen molar-refractivity contribution in [3.8, 4) is 17.4 Å². The van der Waals surface area contributed by atoms with E-state index in [1.165, 1.54) is 23.8 Å². The van der Waals surface area contributed by atoms with E-state index in [2.05, 4.69) is 4.98 Å². The SMILES string of the molecule is Cc1c(O)n(-c2ccc(S(=O)(=O)C(F)(F)F)cc2)c(=O)n1Cc1ccnc(OC(=O)c2ccccc2)c1. The number of imidazole rings is 1. The van der Waals surface area contributed by atoms with Crippen molar-refractivity contribution in [3.05, 3.63) is 100 Å². The molecule has 0 spiro atoms. The summed E-state index contributed by atoms with van der Waals surface area (Å²) in [7, 11) is -5.57. The zero-order valence-electron chi connectivity index (χ0n) is 19.0. The summed E-state index contributed by atoms with van der Waals surface area (Å²) >= 11 is 0. The highest BCUT2D eigenvalue weighted by Crippen LogP contribution is 2.31. The molecule has 4 rings (SSSR count). The predicted molar refractivity (Wildman–Crippen MR) is 124 cm³/mol. The molecule has 0 aliphatic heterocycles. The minimum atomic E-state index is -5.57. The van der Waals surface area contributed by atoms with Crippen molar-refractivity contribution in [1.29, 1.82) is 0 Å². The summed E-state index contributed by atoms with van der Waals surface area (Å²) < 4.78 is 68.9. The number of hydrogen-bond donors (Lipinski definition) is 1. The number of aromatic nitrogens is 3. The van der Waals surface area contributed by atoms with Gasteiger partial charge in [-0.3, -0.25) is 4.57 Å². The maximum Gasteiger partial charge on any atom is 0.501 e. The van der Waals surface area contributed by atoms with Gasteiger partial charge in [0.2, 0.25) is 11.8 Å². The van der Waals surface area contributed by atoms with Gasteiger partial charge in [0.25, 0.3) is 9.84 Å². The molecule has 0 aliphatic rings. The number of benzene rings is 2. The third kappa shape index (κ3) is 4.98. The summed E-state index contributed by atoms with van der Waals surface area (Å²) in [6.45, 7) is 1.39. The van der Waals surface area contributed by atoms with Crippen molar-refractivity contribution >= 4 is 15.8 Å². The number of sulfone groups is 1. The fraction of sp³-hybridized carbons (Fsp3) is 0.125. The molecule has 0 atom stereocenters. The number of carbonyl (C=O) groups excluding carboxylic acids is 1. The molecule has 13 heteroatoms. The highest BCUT2D eigenvalue weighted by Gasteiger charge is 2.46. The van der Waals surface area contributed by atoms with E-state index < -0.39 is 37.8 Å². The van der Waals surface area contributed by atoms with E-state index in [4.69, 9.17) is 4.74 Å². The fourth-order valence-electron chi connectivity index (χ4n) is 3.48. The molecule has 9 nitrogen and oxygen atoms in total. The first-order valence-corrected chi connectivity index (χ1v) is 12.0. The first kappa shape index (κ1) is 25.7. The van der Waals surface area contributed by atoms with Gasteiger partial charge in [-0.15, -0.1) is 0 Å². The third-order valence-corrected chi connectivity index (χ3v) is 6.92. The first-order chi connectivity index (χ1) is 17.4. The van der Waals surface area contributed by atoms with Crippen molar-refractivity contribution in [2.75, 3.05) is 0 Å². The molecular weight excluding hydrogens is 515 g/mol. The standard InChI is InChI=1S/C24H18F3N3O6S/c1-15-21(31)30(18-7-9-19(10-8-18)37(34,35)24(25,26)27)23(33)29(15)14-16-11-12-28-20(13-16)36-22(32)17-5-3-2-4-6-17/h2-13,31H,14H2,1H3. The summed E-state index contributed by atoms with van der Waals surface area (Å²) in [4.78, 5) is 28.3. The molecule has 192 valence electrons. The molecule has 2 heterocycles. The Hall–Kier alpha value is -4.39. The van der Waals surface area contributed by atoms with Crippen LogP contribution in [0.15, 0.2) is 82.6 Å². The lowest BCUT2D eigenvalue weighted by atomic mass is 10.2. The zero-order chi connectivity index (χ0) is 27.0. The van der Waals surface area contributed by atoms with Crippen LogP contribution in [0, 0.1) is 6.92 Å². The van der Waals surface area contributed by atoms with E-state index in [0.29, 0.717) is 23.3 Å². The van der Waals surface area contributed by atoms with Gasteiger partial charge in [-0.05, 0) is 55.0 Å². The van der Waals surface area contributed by atoms with Crippen LogP contribution in [0.3, 0.4) is 0 Å². The minimum absolute atomic E-state index is 0.0119. The van der Waals surface area contributed by atoms with Gasteiger partial charge in [0.15, 0.2) is 0 Å². The summed E-state index contributed by atoms with van der Waals surface area (Å²) in [5.41, 5.74) is -5.31. The monoisotopic (exact) mass is 533 g/mol. The van der Waals surface area contributed by atoms with Crippen molar-refractivity contribution in [2.24, 2.45) is 0 Å². The Morgan fingerprint density at radius 2 is 1.70 bits per heavy atom. The molecule has 0 fully saturated rings. The largest absolute Gasteiger partial charge is 0.501 e. The topological polar surface area (TPSA) is 120 Å². The molecule has 37 heavy (non-hydrogen) atoms. The number of halogens is 3. The quantitative estimate of drug-likeness (QED) is 0.376. The van der Waals surface area contributed by atoms with Crippen molar-refractivity contribution in [3.63, 3.8) is 0 Å². The van der Waals surface area contributed by atoms with Crippen LogP contribution in [0.1, 0.15) is 21.6 Å². The smallest absolute Gasteiger partial charge is 0.493 e. The minimum Gasteiger partial charge on any atom is -0.493 e. The lowest BCUT2D eigenvalue weighted by Gasteiger charge is -2.09. The molecule has 0 unspecified atom stereocenters. The Balaban J connectivity index is 1.61. The predicted octanol–water partition coefficient (Wildman–Crippen LogP) is 3.61. The molecule has 0 radical (unpaired) electrons. The Bertz CT molecular complexity index is 1630. The molecule has 2 aromatic heterocycles. The second-order valence-corrected chi connectivity index (χ2v) is 9.76. The van der Waals surface area contributed by atoms with E-state index in [-0.39, 0.29) is 23.8 Å². The molecule has 0 bridgehead atoms. The van der Waals surface area contributed by atoms with Gasteiger partial charge in [0.05, 0.1) is 28.4 Å². The lowest BCUT2D eigenvalue weighted by molar-refractivity contribution is -0.0436. The zero-order valence-corrected chi connectivity index (χ0v) is 19.8. The molecule has 0 saturated carbocycles. The van der Waals surface area contributed by atoms with Crippen molar-refractivity contribution < 1.29 is 36.2 Å². The fourth-order valence-corrected chi connectivity index (χ4v) is 4.24. The second kappa shape index (κ2) is 9.58. The summed E-state index contributed by atoms with van der Waals surface area (Å²) in [6, 6.07) is 14.6. The van der Waals surface area contributed by atoms with Crippen LogP contribution >= 0.6 is 0 Å². The Kier molecular flexibility index (Phi) is 6.65. The van der Waals surface area contributed by atoms with Gasteiger partial charge in [-0.2, -0.15) is 13.2 Å². The van der Waals surface area contributed by atoms with Crippen LogP contribution in [0.25, 0.3) is 5.69 Å². The van der Waals surface area contributed by atoms with Crippen LogP contribution in [0.4, 0.5) is 13.2 Å². The van der Waals surface area contributed by atoms with E-state index in [1.807, 2.05) is 0 Å². The van der Waals surface area contributed by atoms with Crippen LogP contribution in [-0.4, -0.2) is 39.1 Å². The highest BCUT2D eigenvalue weighted by atomic mass is 32.2. The number of ether oxygens (including phenoxy) is 1. The number of nitrogens with zero attached hydrogens (tertiary/aromatic N) is 3. The molecular formula is C24H18F3N3O6S. The van der Waals surface area contributed by atoms with Crippen LogP contribution in [0.2, 0.25) is 0 Å². The Morgan fingerprint density at radius 3 is 2.32 bits per heavy atom. The molecule has 0 aliphatic carbocycles. The average Bonchev–Trinajstić information content (AvgIpc) is 3.07.